The molecule has 1 saturated heterocycles. The first kappa shape index (κ1) is 13.2. The van der Waals surface area contributed by atoms with E-state index < -0.39 is 0 Å². The van der Waals surface area contributed by atoms with E-state index in [1.807, 2.05) is 12.3 Å². The maximum Gasteiger partial charge on any atom is 0.224 e. The Balaban J connectivity index is 1.98. The third-order valence-electron chi connectivity index (χ3n) is 3.96. The lowest BCUT2D eigenvalue weighted by atomic mass is 9.77. The van der Waals surface area contributed by atoms with Crippen molar-refractivity contribution in [2.75, 3.05) is 0 Å². The van der Waals surface area contributed by atoms with E-state index in [-0.39, 0.29) is 18.1 Å². The second-order valence-corrected chi connectivity index (χ2v) is 6.00. The van der Waals surface area contributed by atoms with Gasteiger partial charge in [0.15, 0.2) is 0 Å². The Kier molecular flexibility index (Phi) is 3.30. The van der Waals surface area contributed by atoms with E-state index in [4.69, 9.17) is 0 Å². The molecule has 0 aromatic carbocycles. The van der Waals surface area contributed by atoms with Crippen LogP contribution in [-0.2, 0) is 4.79 Å². The number of carbonyl (C=O) groups excluding carboxylic acids is 1. The van der Waals surface area contributed by atoms with Gasteiger partial charge in [-0.3, -0.25) is 9.80 Å². The third kappa shape index (κ3) is 2.22. The Morgan fingerprint density at radius 3 is 3.00 bits per heavy atom. The third-order valence-corrected chi connectivity index (χ3v) is 3.96. The van der Waals surface area contributed by atoms with Gasteiger partial charge in [0, 0.05) is 24.2 Å². The second kappa shape index (κ2) is 4.98. The molecule has 3 aliphatic rings. The first-order valence-electron chi connectivity index (χ1n) is 7.23. The highest BCUT2D eigenvalue weighted by Gasteiger charge is 2.40. The molecule has 3 unspecified atom stereocenters. The summed E-state index contributed by atoms with van der Waals surface area (Å²) in [5.41, 5.74) is 5.93. The Hall–Kier alpha value is -1.75. The quantitative estimate of drug-likeness (QED) is 0.703. The van der Waals surface area contributed by atoms with Crippen LogP contribution in [0.5, 0.6) is 0 Å². The zero-order valence-electron chi connectivity index (χ0n) is 12.2. The molecular formula is C15H22N4O. The normalized spacial score (nSPS) is 31.9. The number of dihydropyridines is 1. The van der Waals surface area contributed by atoms with Gasteiger partial charge in [0.05, 0.1) is 6.42 Å². The van der Waals surface area contributed by atoms with Crippen molar-refractivity contribution in [2.24, 2.45) is 5.92 Å². The molecule has 5 heteroatoms. The van der Waals surface area contributed by atoms with Crippen LogP contribution in [0.1, 0.15) is 27.2 Å². The molecule has 108 valence electrons. The number of hydrogen-bond donors (Lipinski definition) is 3. The first-order chi connectivity index (χ1) is 9.56. The van der Waals surface area contributed by atoms with Gasteiger partial charge in [0.25, 0.3) is 0 Å². The lowest BCUT2D eigenvalue weighted by Crippen LogP contribution is -2.59. The molecule has 0 aromatic heterocycles. The minimum absolute atomic E-state index is 0.114. The van der Waals surface area contributed by atoms with Crippen molar-refractivity contribution < 1.29 is 4.79 Å². The monoisotopic (exact) mass is 274 g/mol. The fourth-order valence-electron chi connectivity index (χ4n) is 3.30. The number of nitrogens with zero attached hydrogens (tertiary/aromatic N) is 1. The molecule has 3 rings (SSSR count). The van der Waals surface area contributed by atoms with Gasteiger partial charge >= 0.3 is 0 Å². The fraction of sp³-hybridized carbons (Fsp3) is 0.533. The summed E-state index contributed by atoms with van der Waals surface area (Å²) in [6, 6.07) is 0.484. The van der Waals surface area contributed by atoms with Crippen molar-refractivity contribution in [1.82, 2.24) is 21.1 Å². The summed E-state index contributed by atoms with van der Waals surface area (Å²) < 4.78 is 0. The summed E-state index contributed by atoms with van der Waals surface area (Å²) in [6.45, 7) is 6.31. The molecule has 3 atom stereocenters. The Morgan fingerprint density at radius 1 is 1.45 bits per heavy atom. The molecule has 3 heterocycles. The fourth-order valence-corrected chi connectivity index (χ4v) is 3.30. The summed E-state index contributed by atoms with van der Waals surface area (Å²) in [7, 11) is 0. The van der Waals surface area contributed by atoms with E-state index in [1.165, 1.54) is 11.1 Å². The van der Waals surface area contributed by atoms with Gasteiger partial charge in [-0.1, -0.05) is 6.08 Å². The molecule has 1 amide bonds. The van der Waals surface area contributed by atoms with Crippen molar-refractivity contribution in [3.8, 4) is 0 Å². The Labute approximate surface area is 119 Å². The number of amides is 1. The van der Waals surface area contributed by atoms with E-state index in [2.05, 4.69) is 54.1 Å². The molecule has 20 heavy (non-hydrogen) atoms. The molecule has 5 nitrogen and oxygen atoms in total. The van der Waals surface area contributed by atoms with E-state index in [9.17, 15) is 4.79 Å². The van der Waals surface area contributed by atoms with Crippen molar-refractivity contribution in [3.05, 3.63) is 35.7 Å². The van der Waals surface area contributed by atoms with Gasteiger partial charge in [-0.25, -0.2) is 5.43 Å². The standard InChI is InChI=1S/C15H22N4O/c1-9(2)18-19-8-11-7-13(20)17-10(3)14(11)12-5-4-6-16-15(12)19/h4-6,8-10,14-16,18H,7H2,1-3H3,(H,17,20). The zero-order valence-corrected chi connectivity index (χ0v) is 12.2. The predicted molar refractivity (Wildman–Crippen MR) is 78.1 cm³/mol. The molecule has 0 radical (unpaired) electrons. The number of piperidine rings is 1. The lowest BCUT2D eigenvalue weighted by molar-refractivity contribution is -0.122. The van der Waals surface area contributed by atoms with E-state index >= 15 is 0 Å². The second-order valence-electron chi connectivity index (χ2n) is 6.00. The van der Waals surface area contributed by atoms with Crippen LogP contribution < -0.4 is 16.1 Å². The number of allylic oxidation sites excluding steroid dienone is 2. The van der Waals surface area contributed by atoms with Crippen LogP contribution in [0.4, 0.5) is 0 Å². The summed E-state index contributed by atoms with van der Waals surface area (Å²) in [6.07, 6.45) is 8.88. The zero-order chi connectivity index (χ0) is 14.3. The average Bonchev–Trinajstić information content (AvgIpc) is 2.37. The highest BCUT2D eigenvalue weighted by atomic mass is 16.1. The number of hydrogen-bond acceptors (Lipinski definition) is 4. The minimum atomic E-state index is 0.114. The number of nitrogens with one attached hydrogen (secondary N) is 3. The lowest BCUT2D eigenvalue weighted by Gasteiger charge is -2.46. The summed E-state index contributed by atoms with van der Waals surface area (Å²) in [5.74, 6) is 0.406. The van der Waals surface area contributed by atoms with Gasteiger partial charge in [0.1, 0.15) is 6.17 Å². The molecular weight excluding hydrogens is 252 g/mol. The van der Waals surface area contributed by atoms with Gasteiger partial charge in [0.2, 0.25) is 5.91 Å². The SMILES string of the molecule is CC(C)NN1C=C2CC(=O)NC(C)C2C2=CC=CNC21. The van der Waals surface area contributed by atoms with Crippen molar-refractivity contribution >= 4 is 5.91 Å². The van der Waals surface area contributed by atoms with Crippen LogP contribution in [0.15, 0.2) is 35.7 Å². The topological polar surface area (TPSA) is 56.4 Å². The molecule has 0 aromatic rings. The minimum Gasteiger partial charge on any atom is -0.367 e. The Morgan fingerprint density at radius 2 is 2.25 bits per heavy atom. The highest BCUT2D eigenvalue weighted by molar-refractivity contribution is 5.81. The molecule has 0 bridgehead atoms. The van der Waals surface area contributed by atoms with Crippen molar-refractivity contribution in [1.29, 1.82) is 0 Å². The summed E-state index contributed by atoms with van der Waals surface area (Å²) in [5, 5.41) is 8.55. The van der Waals surface area contributed by atoms with E-state index in [0.717, 1.165) is 0 Å². The molecule has 0 saturated carbocycles. The molecule has 3 N–H and O–H groups in total. The maximum absolute atomic E-state index is 11.8. The van der Waals surface area contributed by atoms with E-state index in [1.54, 1.807) is 0 Å². The van der Waals surface area contributed by atoms with Gasteiger partial charge in [-0.2, -0.15) is 0 Å². The maximum atomic E-state index is 11.8. The largest absolute Gasteiger partial charge is 0.367 e. The average molecular weight is 274 g/mol. The summed E-state index contributed by atoms with van der Waals surface area (Å²) >= 11 is 0. The number of fused-ring (bicyclic) bond motifs is 3. The summed E-state index contributed by atoms with van der Waals surface area (Å²) in [4.78, 5) is 11.8. The molecule has 0 aliphatic carbocycles. The molecule has 1 fully saturated rings. The van der Waals surface area contributed by atoms with E-state index in [0.29, 0.717) is 18.4 Å². The molecule has 0 spiro atoms. The molecule has 3 aliphatic heterocycles. The van der Waals surface area contributed by atoms with Crippen LogP contribution in [0.2, 0.25) is 0 Å². The van der Waals surface area contributed by atoms with Crippen LogP contribution in [0.25, 0.3) is 0 Å². The number of rotatable bonds is 2. The van der Waals surface area contributed by atoms with Gasteiger partial charge in [-0.15, -0.1) is 0 Å². The number of hydrazine groups is 1. The van der Waals surface area contributed by atoms with Crippen LogP contribution in [0.3, 0.4) is 0 Å². The smallest absolute Gasteiger partial charge is 0.224 e. The van der Waals surface area contributed by atoms with Crippen LogP contribution in [0, 0.1) is 5.92 Å². The first-order valence-corrected chi connectivity index (χ1v) is 7.23. The Bertz CT molecular complexity index is 506. The van der Waals surface area contributed by atoms with Gasteiger partial charge in [-0.05, 0) is 44.2 Å². The van der Waals surface area contributed by atoms with Crippen LogP contribution in [-0.4, -0.2) is 29.2 Å². The number of carbonyl (C=O) groups is 1. The van der Waals surface area contributed by atoms with Crippen molar-refractivity contribution in [3.63, 3.8) is 0 Å². The predicted octanol–water partition coefficient (Wildman–Crippen LogP) is 0.993. The highest BCUT2D eigenvalue weighted by Crippen LogP contribution is 2.37. The van der Waals surface area contributed by atoms with Crippen LogP contribution >= 0.6 is 0 Å². The van der Waals surface area contributed by atoms with Gasteiger partial charge < -0.3 is 10.6 Å². The van der Waals surface area contributed by atoms with Crippen molar-refractivity contribution in [2.45, 2.75) is 45.4 Å².